The molecule has 0 aliphatic carbocycles. The van der Waals surface area contributed by atoms with E-state index in [0.29, 0.717) is 25.6 Å². The fraction of sp³-hybridized carbons (Fsp3) is 0.833. The Morgan fingerprint density at radius 1 is 1.50 bits per heavy atom. The smallest absolute Gasteiger partial charge is 0.211 e. The molecule has 1 saturated heterocycles. The molecule has 1 atom stereocenters. The summed E-state index contributed by atoms with van der Waals surface area (Å²) < 4.78 is 26.6. The van der Waals surface area contributed by atoms with Gasteiger partial charge in [0.1, 0.15) is 6.33 Å². The molecule has 0 saturated carbocycles. The average molecular weight is 301 g/mol. The zero-order valence-corrected chi connectivity index (χ0v) is 12.9. The highest BCUT2D eigenvalue weighted by molar-refractivity contribution is 7.88. The zero-order chi connectivity index (χ0) is 14.6. The molecule has 1 aromatic rings. The van der Waals surface area contributed by atoms with Crippen molar-refractivity contribution >= 4 is 10.0 Å². The number of nitrogens with one attached hydrogen (secondary N) is 1. The molecule has 0 spiro atoms. The van der Waals surface area contributed by atoms with Gasteiger partial charge in [0.2, 0.25) is 10.0 Å². The van der Waals surface area contributed by atoms with Crippen LogP contribution in [0.4, 0.5) is 0 Å². The van der Waals surface area contributed by atoms with Crippen molar-refractivity contribution in [3.05, 3.63) is 12.2 Å². The number of piperidine rings is 1. The molecule has 0 bridgehead atoms. The molecule has 0 amide bonds. The third-order valence-corrected chi connectivity index (χ3v) is 4.78. The molecule has 8 heteroatoms. The van der Waals surface area contributed by atoms with Crippen LogP contribution in [-0.2, 0) is 23.1 Å². The van der Waals surface area contributed by atoms with Gasteiger partial charge in [-0.2, -0.15) is 5.10 Å². The Labute approximate surface area is 120 Å². The Hall–Kier alpha value is -0.990. The molecule has 0 aromatic carbocycles. The first-order valence-electron chi connectivity index (χ1n) is 7.03. The normalized spacial score (nSPS) is 21.2. The van der Waals surface area contributed by atoms with Gasteiger partial charge < -0.3 is 5.32 Å². The highest BCUT2D eigenvalue weighted by Gasteiger charge is 2.26. The van der Waals surface area contributed by atoms with Crippen molar-refractivity contribution in [1.82, 2.24) is 24.4 Å². The highest BCUT2D eigenvalue weighted by atomic mass is 32.2. The van der Waals surface area contributed by atoms with E-state index in [0.717, 1.165) is 31.8 Å². The quantitative estimate of drug-likeness (QED) is 0.803. The van der Waals surface area contributed by atoms with E-state index in [2.05, 4.69) is 15.4 Å². The summed E-state index contributed by atoms with van der Waals surface area (Å²) in [5.74, 6) is 1.09. The molecule has 1 aliphatic rings. The Balaban J connectivity index is 1.91. The van der Waals surface area contributed by atoms with Crippen LogP contribution < -0.4 is 5.32 Å². The zero-order valence-electron chi connectivity index (χ0n) is 12.1. The van der Waals surface area contributed by atoms with Crippen molar-refractivity contribution in [2.24, 2.45) is 5.92 Å². The lowest BCUT2D eigenvalue weighted by molar-refractivity contribution is 0.240. The molecule has 1 fully saturated rings. The third kappa shape index (κ3) is 4.26. The lowest BCUT2D eigenvalue weighted by Crippen LogP contribution is -2.40. The lowest BCUT2D eigenvalue weighted by atomic mass is 10.00. The summed E-state index contributed by atoms with van der Waals surface area (Å²) in [6, 6.07) is 0. The number of sulfonamides is 1. The van der Waals surface area contributed by atoms with Crippen molar-refractivity contribution in [1.29, 1.82) is 0 Å². The van der Waals surface area contributed by atoms with Gasteiger partial charge in [0, 0.05) is 19.6 Å². The summed E-state index contributed by atoms with van der Waals surface area (Å²) in [5, 5.41) is 7.59. The minimum absolute atomic E-state index is 0.312. The van der Waals surface area contributed by atoms with Gasteiger partial charge in [-0.1, -0.05) is 6.92 Å². The second-order valence-corrected chi connectivity index (χ2v) is 7.27. The Bertz CT molecular complexity index is 528. The van der Waals surface area contributed by atoms with Crippen molar-refractivity contribution in [2.75, 3.05) is 25.9 Å². The number of nitrogens with zero attached hydrogens (tertiary/aromatic N) is 4. The van der Waals surface area contributed by atoms with Gasteiger partial charge >= 0.3 is 0 Å². The van der Waals surface area contributed by atoms with Crippen molar-refractivity contribution in [3.63, 3.8) is 0 Å². The number of aromatic nitrogens is 3. The van der Waals surface area contributed by atoms with Crippen LogP contribution in [0.25, 0.3) is 0 Å². The van der Waals surface area contributed by atoms with Crippen LogP contribution in [0.2, 0.25) is 0 Å². The summed E-state index contributed by atoms with van der Waals surface area (Å²) in [5.41, 5.74) is 0. The number of hydrogen-bond donors (Lipinski definition) is 1. The molecule has 1 unspecified atom stereocenters. The maximum absolute atomic E-state index is 11.6. The molecule has 1 N–H and O–H groups in total. The van der Waals surface area contributed by atoms with Gasteiger partial charge in [0.15, 0.2) is 5.82 Å². The van der Waals surface area contributed by atoms with Crippen LogP contribution in [0, 0.1) is 5.92 Å². The van der Waals surface area contributed by atoms with E-state index in [1.807, 2.05) is 11.6 Å². The first-order chi connectivity index (χ1) is 9.49. The van der Waals surface area contributed by atoms with E-state index in [9.17, 15) is 8.42 Å². The summed E-state index contributed by atoms with van der Waals surface area (Å²) in [7, 11) is -3.08. The number of rotatable bonds is 6. The fourth-order valence-electron chi connectivity index (χ4n) is 2.48. The van der Waals surface area contributed by atoms with Crippen molar-refractivity contribution in [3.8, 4) is 0 Å². The van der Waals surface area contributed by atoms with Crippen molar-refractivity contribution < 1.29 is 8.42 Å². The molecule has 114 valence electrons. The molecule has 2 rings (SSSR count). The first kappa shape index (κ1) is 15.4. The van der Waals surface area contributed by atoms with Crippen molar-refractivity contribution in [2.45, 2.75) is 32.9 Å². The molecule has 2 heterocycles. The predicted octanol–water partition coefficient (Wildman–Crippen LogP) is 0.0592. The monoisotopic (exact) mass is 301 g/mol. The minimum atomic E-state index is -3.08. The van der Waals surface area contributed by atoms with Crippen LogP contribution in [-0.4, -0.2) is 53.4 Å². The van der Waals surface area contributed by atoms with Gasteiger partial charge in [-0.15, -0.1) is 0 Å². The molecule has 0 radical (unpaired) electrons. The summed E-state index contributed by atoms with van der Waals surface area (Å²) in [4.78, 5) is 4.24. The SMILES string of the molecule is CCNCc1ncn(CC2CCCN(S(C)(=O)=O)C2)n1. The molecule has 1 aromatic heterocycles. The van der Waals surface area contributed by atoms with Crippen LogP contribution in [0.5, 0.6) is 0 Å². The van der Waals surface area contributed by atoms with Gasteiger partial charge in [-0.3, -0.25) is 4.68 Å². The first-order valence-corrected chi connectivity index (χ1v) is 8.88. The standard InChI is InChI=1S/C12H23N5O2S/c1-3-13-7-12-14-10-16(15-12)8-11-5-4-6-17(9-11)20(2,18)19/h10-11,13H,3-9H2,1-2H3. The molecular weight excluding hydrogens is 278 g/mol. The van der Waals surface area contributed by atoms with E-state index in [1.165, 1.54) is 6.26 Å². The van der Waals surface area contributed by atoms with E-state index in [-0.39, 0.29) is 0 Å². The Morgan fingerprint density at radius 2 is 2.30 bits per heavy atom. The maximum atomic E-state index is 11.6. The topological polar surface area (TPSA) is 80.1 Å². The molecule has 20 heavy (non-hydrogen) atoms. The van der Waals surface area contributed by atoms with Crippen LogP contribution in [0.1, 0.15) is 25.6 Å². The molecular formula is C12H23N5O2S. The van der Waals surface area contributed by atoms with Crippen LogP contribution in [0.3, 0.4) is 0 Å². The van der Waals surface area contributed by atoms with E-state index in [1.54, 1.807) is 10.6 Å². The minimum Gasteiger partial charge on any atom is -0.310 e. The predicted molar refractivity (Wildman–Crippen MR) is 76.5 cm³/mol. The average Bonchev–Trinajstić information content (AvgIpc) is 2.83. The van der Waals surface area contributed by atoms with Gasteiger partial charge in [-0.25, -0.2) is 17.7 Å². The largest absolute Gasteiger partial charge is 0.310 e. The number of hydrogen-bond acceptors (Lipinski definition) is 5. The molecule has 1 aliphatic heterocycles. The summed E-state index contributed by atoms with van der Waals surface area (Å²) in [6.07, 6.45) is 4.95. The second kappa shape index (κ2) is 6.64. The van der Waals surface area contributed by atoms with E-state index < -0.39 is 10.0 Å². The van der Waals surface area contributed by atoms with E-state index in [4.69, 9.17) is 0 Å². The summed E-state index contributed by atoms with van der Waals surface area (Å²) >= 11 is 0. The fourth-order valence-corrected chi connectivity index (χ4v) is 3.42. The highest BCUT2D eigenvalue weighted by Crippen LogP contribution is 2.19. The maximum Gasteiger partial charge on any atom is 0.211 e. The second-order valence-electron chi connectivity index (χ2n) is 5.29. The third-order valence-electron chi connectivity index (χ3n) is 3.51. The van der Waals surface area contributed by atoms with Crippen LogP contribution >= 0.6 is 0 Å². The van der Waals surface area contributed by atoms with Crippen LogP contribution in [0.15, 0.2) is 6.33 Å². The Morgan fingerprint density at radius 3 is 3.00 bits per heavy atom. The van der Waals surface area contributed by atoms with Gasteiger partial charge in [0.25, 0.3) is 0 Å². The van der Waals surface area contributed by atoms with E-state index >= 15 is 0 Å². The lowest BCUT2D eigenvalue weighted by Gasteiger charge is -2.30. The molecule has 7 nitrogen and oxygen atoms in total. The van der Waals surface area contributed by atoms with Gasteiger partial charge in [-0.05, 0) is 25.3 Å². The van der Waals surface area contributed by atoms with Gasteiger partial charge in [0.05, 0.1) is 12.8 Å². The Kier molecular flexibility index (Phi) is 5.11. The summed E-state index contributed by atoms with van der Waals surface area (Å²) in [6.45, 7) is 5.55.